The van der Waals surface area contributed by atoms with E-state index in [-0.39, 0.29) is 11.6 Å². The van der Waals surface area contributed by atoms with Crippen molar-refractivity contribution < 1.29 is 9.18 Å². The Morgan fingerprint density at radius 3 is 2.29 bits per heavy atom. The van der Waals surface area contributed by atoms with Gasteiger partial charge in [0.1, 0.15) is 11.3 Å². The maximum atomic E-state index is 13.3. The van der Waals surface area contributed by atoms with Crippen molar-refractivity contribution in [1.82, 2.24) is 14.6 Å². The third-order valence-corrected chi connectivity index (χ3v) is 5.73. The molecular weight excluding hydrogens is 393 g/mol. The number of ketones is 1. The van der Waals surface area contributed by atoms with Crippen LogP contribution < -0.4 is 9.80 Å². The fraction of sp³-hybridized carbons (Fsp3) is 0.208. The number of benzene rings is 2. The van der Waals surface area contributed by atoms with Crippen LogP contribution in [0, 0.1) is 5.82 Å². The van der Waals surface area contributed by atoms with Gasteiger partial charge in [0, 0.05) is 55.4 Å². The molecule has 0 N–H and O–H groups in total. The summed E-state index contributed by atoms with van der Waals surface area (Å²) in [5, 5.41) is 4.64. The Morgan fingerprint density at radius 1 is 0.935 bits per heavy atom. The number of aromatic nitrogens is 3. The fourth-order valence-electron chi connectivity index (χ4n) is 4.00. The number of hydrogen-bond donors (Lipinski definition) is 0. The van der Waals surface area contributed by atoms with Gasteiger partial charge in [-0.3, -0.25) is 4.79 Å². The molecule has 2 aromatic carbocycles. The topological polar surface area (TPSA) is 53.7 Å². The summed E-state index contributed by atoms with van der Waals surface area (Å²) in [6, 6.07) is 16.2. The number of nitrogens with zero attached hydrogens (tertiary/aromatic N) is 5. The summed E-state index contributed by atoms with van der Waals surface area (Å²) in [4.78, 5) is 20.7. The molecule has 156 valence electrons. The number of rotatable bonds is 4. The van der Waals surface area contributed by atoms with Gasteiger partial charge in [0.15, 0.2) is 11.6 Å². The number of anilines is 2. The number of piperazine rings is 1. The minimum absolute atomic E-state index is 0.0800. The van der Waals surface area contributed by atoms with Gasteiger partial charge < -0.3 is 9.80 Å². The van der Waals surface area contributed by atoms with E-state index >= 15 is 0 Å². The molecule has 0 spiro atoms. The lowest BCUT2D eigenvalue weighted by Crippen LogP contribution is -2.47. The van der Waals surface area contributed by atoms with Crippen LogP contribution in [0.15, 0.2) is 67.0 Å². The van der Waals surface area contributed by atoms with Crippen LogP contribution in [0.1, 0.15) is 17.3 Å². The predicted octanol–water partition coefficient (Wildman–Crippen LogP) is 4.06. The van der Waals surface area contributed by atoms with E-state index in [1.165, 1.54) is 12.1 Å². The van der Waals surface area contributed by atoms with Gasteiger partial charge in [-0.2, -0.15) is 5.10 Å². The highest BCUT2D eigenvalue weighted by atomic mass is 19.1. The highest BCUT2D eigenvalue weighted by molar-refractivity contribution is 5.94. The molecule has 1 fully saturated rings. The Morgan fingerprint density at radius 2 is 1.61 bits per heavy atom. The number of carbonyl (C=O) groups is 1. The molecule has 0 atom stereocenters. The molecule has 31 heavy (non-hydrogen) atoms. The van der Waals surface area contributed by atoms with Crippen molar-refractivity contribution in [3.8, 4) is 11.3 Å². The van der Waals surface area contributed by atoms with E-state index < -0.39 is 0 Å². The number of halogens is 1. The second kappa shape index (κ2) is 7.83. The van der Waals surface area contributed by atoms with Crippen molar-refractivity contribution in [3.05, 3.63) is 78.4 Å². The largest absolute Gasteiger partial charge is 0.368 e. The summed E-state index contributed by atoms with van der Waals surface area (Å²) in [5.74, 6) is 0.718. The van der Waals surface area contributed by atoms with Crippen molar-refractivity contribution >= 4 is 22.8 Å². The molecule has 2 aromatic heterocycles. The van der Waals surface area contributed by atoms with E-state index in [4.69, 9.17) is 0 Å². The molecule has 0 saturated carbocycles. The maximum absolute atomic E-state index is 13.3. The van der Waals surface area contributed by atoms with Crippen LogP contribution in [-0.2, 0) is 0 Å². The first-order chi connectivity index (χ1) is 15.1. The normalized spacial score (nSPS) is 14.3. The van der Waals surface area contributed by atoms with E-state index in [1.54, 1.807) is 25.3 Å². The molecule has 5 rings (SSSR count). The molecule has 0 unspecified atom stereocenters. The molecule has 0 amide bonds. The molecular formula is C24H22FN5O. The van der Waals surface area contributed by atoms with Crippen LogP contribution in [0.2, 0.25) is 0 Å². The Labute approximate surface area is 179 Å². The third-order valence-electron chi connectivity index (χ3n) is 5.73. The standard InChI is InChI=1S/C24H22FN5O/c1-17(31)18-4-8-21(9-5-18)28-12-14-29(15-13-28)24-23-16-22(27-30(23)11-10-26-24)19-2-6-20(25)7-3-19/h2-11,16H,12-15H2,1H3. The Bertz CT molecular complexity index is 1230. The minimum atomic E-state index is -0.260. The van der Waals surface area contributed by atoms with Crippen molar-refractivity contribution in [1.29, 1.82) is 0 Å². The summed E-state index contributed by atoms with van der Waals surface area (Å²) in [6.07, 6.45) is 3.59. The van der Waals surface area contributed by atoms with Crippen LogP contribution in [0.5, 0.6) is 0 Å². The summed E-state index contributed by atoms with van der Waals surface area (Å²) in [6.45, 7) is 4.97. The van der Waals surface area contributed by atoms with E-state index in [9.17, 15) is 9.18 Å². The molecule has 6 nitrogen and oxygen atoms in total. The van der Waals surface area contributed by atoms with Gasteiger partial charge in [-0.15, -0.1) is 0 Å². The van der Waals surface area contributed by atoms with Crippen molar-refractivity contribution in [2.45, 2.75) is 6.92 Å². The second-order valence-electron chi connectivity index (χ2n) is 7.69. The molecule has 4 aromatic rings. The van der Waals surface area contributed by atoms with Crippen LogP contribution in [0.4, 0.5) is 15.9 Å². The minimum Gasteiger partial charge on any atom is -0.368 e. The summed E-state index contributed by atoms with van der Waals surface area (Å²) < 4.78 is 15.1. The molecule has 1 aliphatic rings. The lowest BCUT2D eigenvalue weighted by molar-refractivity contribution is 0.101. The number of fused-ring (bicyclic) bond motifs is 1. The van der Waals surface area contributed by atoms with Crippen LogP contribution >= 0.6 is 0 Å². The highest BCUT2D eigenvalue weighted by Crippen LogP contribution is 2.27. The van der Waals surface area contributed by atoms with Gasteiger partial charge in [0.05, 0.1) is 5.69 Å². The van der Waals surface area contributed by atoms with E-state index in [1.807, 2.05) is 41.0 Å². The molecule has 0 aliphatic carbocycles. The summed E-state index contributed by atoms with van der Waals surface area (Å²) >= 11 is 0. The first kappa shape index (κ1) is 19.2. The number of Topliss-reactive ketones (excluding diaryl/α,β-unsaturated/α-hetero) is 1. The van der Waals surface area contributed by atoms with Crippen molar-refractivity contribution in [3.63, 3.8) is 0 Å². The van der Waals surface area contributed by atoms with E-state index in [0.717, 1.165) is 60.0 Å². The van der Waals surface area contributed by atoms with Gasteiger partial charge in [0.25, 0.3) is 0 Å². The molecule has 7 heteroatoms. The van der Waals surface area contributed by atoms with Crippen LogP contribution in [-0.4, -0.2) is 46.6 Å². The molecule has 0 bridgehead atoms. The smallest absolute Gasteiger partial charge is 0.159 e. The van der Waals surface area contributed by atoms with Gasteiger partial charge in [-0.25, -0.2) is 13.9 Å². The quantitative estimate of drug-likeness (QED) is 0.471. The van der Waals surface area contributed by atoms with Crippen molar-refractivity contribution in [2.75, 3.05) is 36.0 Å². The lowest BCUT2D eigenvalue weighted by atomic mass is 10.1. The lowest BCUT2D eigenvalue weighted by Gasteiger charge is -2.36. The highest BCUT2D eigenvalue weighted by Gasteiger charge is 2.21. The maximum Gasteiger partial charge on any atom is 0.159 e. The molecule has 0 radical (unpaired) electrons. The summed E-state index contributed by atoms with van der Waals surface area (Å²) in [5.41, 5.74) is 4.45. The summed E-state index contributed by atoms with van der Waals surface area (Å²) in [7, 11) is 0. The number of carbonyl (C=O) groups excluding carboxylic acids is 1. The van der Waals surface area contributed by atoms with Crippen molar-refractivity contribution in [2.24, 2.45) is 0 Å². The molecule has 1 saturated heterocycles. The van der Waals surface area contributed by atoms with E-state index in [0.29, 0.717) is 0 Å². The van der Waals surface area contributed by atoms with Gasteiger partial charge in [-0.05, 0) is 61.5 Å². The second-order valence-corrected chi connectivity index (χ2v) is 7.69. The predicted molar refractivity (Wildman–Crippen MR) is 119 cm³/mol. The molecule has 1 aliphatic heterocycles. The first-order valence-electron chi connectivity index (χ1n) is 10.3. The molecule has 3 heterocycles. The zero-order valence-corrected chi connectivity index (χ0v) is 17.2. The van der Waals surface area contributed by atoms with E-state index in [2.05, 4.69) is 19.9 Å². The van der Waals surface area contributed by atoms with Crippen LogP contribution in [0.3, 0.4) is 0 Å². The Balaban J connectivity index is 1.35. The van der Waals surface area contributed by atoms with Gasteiger partial charge >= 0.3 is 0 Å². The zero-order valence-electron chi connectivity index (χ0n) is 17.2. The average Bonchev–Trinajstić information content (AvgIpc) is 3.24. The Kier molecular flexibility index (Phi) is 4.86. The number of hydrogen-bond acceptors (Lipinski definition) is 5. The van der Waals surface area contributed by atoms with Gasteiger partial charge in [0.2, 0.25) is 0 Å². The fourth-order valence-corrected chi connectivity index (χ4v) is 4.00. The SMILES string of the molecule is CC(=O)c1ccc(N2CCN(c3nccn4nc(-c5ccc(F)cc5)cc34)CC2)cc1. The zero-order chi connectivity index (χ0) is 21.4. The first-order valence-corrected chi connectivity index (χ1v) is 10.3. The average molecular weight is 415 g/mol. The monoisotopic (exact) mass is 415 g/mol. The van der Waals surface area contributed by atoms with Crippen LogP contribution in [0.25, 0.3) is 16.8 Å². The third kappa shape index (κ3) is 3.74. The Hall–Kier alpha value is -3.74. The van der Waals surface area contributed by atoms with Gasteiger partial charge in [-0.1, -0.05) is 0 Å².